The third kappa shape index (κ3) is 1.62. The lowest BCUT2D eigenvalue weighted by Crippen LogP contribution is -2.57. The van der Waals surface area contributed by atoms with Crippen molar-refractivity contribution in [2.24, 2.45) is 0 Å². The van der Waals surface area contributed by atoms with E-state index in [0.717, 1.165) is 17.8 Å². The van der Waals surface area contributed by atoms with Crippen molar-refractivity contribution in [1.29, 1.82) is 0 Å². The fourth-order valence-corrected chi connectivity index (χ4v) is 3.14. The first-order chi connectivity index (χ1) is 8.56. The molecule has 5 heteroatoms. The van der Waals surface area contributed by atoms with Crippen molar-refractivity contribution in [2.45, 2.75) is 32.4 Å². The fourth-order valence-electron chi connectivity index (χ4n) is 3.14. The van der Waals surface area contributed by atoms with Gasteiger partial charge in [0.05, 0.1) is 6.04 Å². The van der Waals surface area contributed by atoms with Crippen LogP contribution in [0.1, 0.15) is 18.1 Å². The number of carboxylic acid groups (broad SMARTS) is 1. The predicted octanol–water partition coefficient (Wildman–Crippen LogP) is 1.50. The highest BCUT2D eigenvalue weighted by atomic mass is 16.4. The van der Waals surface area contributed by atoms with Crippen LogP contribution in [-0.4, -0.2) is 46.3 Å². The molecular weight excluding hydrogens is 230 g/mol. The number of aryl methyl sites for hydroxylation is 1. The molecule has 0 aliphatic carbocycles. The van der Waals surface area contributed by atoms with E-state index in [2.05, 4.69) is 22.9 Å². The van der Waals surface area contributed by atoms with Gasteiger partial charge in [-0.15, -0.1) is 0 Å². The Morgan fingerprint density at radius 2 is 2.28 bits per heavy atom. The van der Waals surface area contributed by atoms with Gasteiger partial charge in [0.1, 0.15) is 5.82 Å². The summed E-state index contributed by atoms with van der Waals surface area (Å²) in [5.41, 5.74) is 2.41. The van der Waals surface area contributed by atoms with E-state index in [0.29, 0.717) is 13.1 Å². The Bertz CT molecular complexity index is 503. The number of carbonyl (C=O) groups is 1. The highest BCUT2D eigenvalue weighted by Gasteiger charge is 2.40. The topological polar surface area (TPSA) is 56.7 Å². The van der Waals surface area contributed by atoms with Gasteiger partial charge in [0.15, 0.2) is 0 Å². The lowest BCUT2D eigenvalue weighted by atomic mass is 10.1. The second-order valence-electron chi connectivity index (χ2n) is 5.30. The van der Waals surface area contributed by atoms with Crippen LogP contribution in [0.15, 0.2) is 12.3 Å². The molecule has 2 aliphatic rings. The minimum absolute atomic E-state index is 0.191. The summed E-state index contributed by atoms with van der Waals surface area (Å²) in [6.07, 6.45) is 1.97. The Balaban J connectivity index is 1.92. The fraction of sp³-hybridized carbons (Fsp3) is 0.538. The smallest absolute Gasteiger partial charge is 0.407 e. The molecule has 1 saturated heterocycles. The molecule has 3 heterocycles. The Labute approximate surface area is 106 Å². The number of hydrogen-bond acceptors (Lipinski definition) is 3. The van der Waals surface area contributed by atoms with Crippen LogP contribution >= 0.6 is 0 Å². The van der Waals surface area contributed by atoms with Crippen LogP contribution < -0.4 is 4.90 Å². The number of anilines is 1. The number of nitrogens with zero attached hydrogens (tertiary/aromatic N) is 3. The summed E-state index contributed by atoms with van der Waals surface area (Å²) < 4.78 is 0. The Morgan fingerprint density at radius 1 is 1.50 bits per heavy atom. The molecule has 3 rings (SSSR count). The maximum absolute atomic E-state index is 11.1. The van der Waals surface area contributed by atoms with Gasteiger partial charge >= 0.3 is 6.09 Å². The molecule has 0 aromatic carbocycles. The van der Waals surface area contributed by atoms with E-state index in [9.17, 15) is 4.79 Å². The zero-order chi connectivity index (χ0) is 12.9. The molecule has 0 radical (unpaired) electrons. The number of rotatable bonds is 0. The third-order valence-corrected chi connectivity index (χ3v) is 3.83. The molecule has 0 unspecified atom stereocenters. The van der Waals surface area contributed by atoms with Crippen molar-refractivity contribution in [1.82, 2.24) is 9.88 Å². The maximum atomic E-state index is 11.1. The van der Waals surface area contributed by atoms with Crippen molar-refractivity contribution in [3.05, 3.63) is 23.4 Å². The van der Waals surface area contributed by atoms with E-state index in [1.54, 1.807) is 0 Å². The number of amides is 1. The summed E-state index contributed by atoms with van der Waals surface area (Å²) in [7, 11) is 0. The standard InChI is InChI=1S/C13H17N3O2/c1-8-3-10-4-11-7-15(13(17)18)6-9(2)16(11)12(10)14-5-8/h3,5,9,11H,4,6-7H2,1-2H3,(H,17,18)/t9-,11-/m1/s1. The number of fused-ring (bicyclic) bond motifs is 3. The average Bonchev–Trinajstić information content (AvgIpc) is 2.66. The quantitative estimate of drug-likeness (QED) is 0.755. The van der Waals surface area contributed by atoms with Gasteiger partial charge in [0.25, 0.3) is 0 Å². The van der Waals surface area contributed by atoms with Gasteiger partial charge in [-0.1, -0.05) is 6.07 Å². The van der Waals surface area contributed by atoms with Crippen molar-refractivity contribution < 1.29 is 9.90 Å². The van der Waals surface area contributed by atoms with E-state index in [1.807, 2.05) is 13.1 Å². The van der Waals surface area contributed by atoms with Gasteiger partial charge in [-0.2, -0.15) is 0 Å². The first-order valence-corrected chi connectivity index (χ1v) is 6.28. The van der Waals surface area contributed by atoms with Crippen LogP contribution in [0, 0.1) is 6.92 Å². The maximum Gasteiger partial charge on any atom is 0.407 e. The molecule has 1 aromatic rings. The number of hydrogen-bond donors (Lipinski definition) is 1. The van der Waals surface area contributed by atoms with Crippen LogP contribution in [0.5, 0.6) is 0 Å². The van der Waals surface area contributed by atoms with Crippen molar-refractivity contribution in [3.63, 3.8) is 0 Å². The van der Waals surface area contributed by atoms with E-state index >= 15 is 0 Å². The minimum Gasteiger partial charge on any atom is -0.465 e. The van der Waals surface area contributed by atoms with Crippen LogP contribution in [0.3, 0.4) is 0 Å². The molecule has 1 amide bonds. The monoisotopic (exact) mass is 247 g/mol. The second-order valence-corrected chi connectivity index (χ2v) is 5.30. The molecule has 1 aromatic heterocycles. The SMILES string of the molecule is Cc1cnc2c(c1)C[C@@H]1CN(C(=O)O)C[C@@H](C)N21. The number of pyridine rings is 1. The average molecular weight is 247 g/mol. The van der Waals surface area contributed by atoms with Crippen LogP contribution in [0.25, 0.3) is 0 Å². The van der Waals surface area contributed by atoms with Crippen LogP contribution in [0.4, 0.5) is 10.6 Å². The molecule has 0 spiro atoms. The van der Waals surface area contributed by atoms with Crippen LogP contribution in [-0.2, 0) is 6.42 Å². The highest BCUT2D eigenvalue weighted by Crippen LogP contribution is 2.35. The van der Waals surface area contributed by atoms with E-state index in [4.69, 9.17) is 5.11 Å². The molecule has 18 heavy (non-hydrogen) atoms. The molecule has 0 saturated carbocycles. The zero-order valence-corrected chi connectivity index (χ0v) is 10.6. The summed E-state index contributed by atoms with van der Waals surface area (Å²) in [6.45, 7) is 5.24. The largest absolute Gasteiger partial charge is 0.465 e. The zero-order valence-electron chi connectivity index (χ0n) is 10.6. The van der Waals surface area contributed by atoms with Gasteiger partial charge < -0.3 is 14.9 Å². The first-order valence-electron chi connectivity index (χ1n) is 6.28. The first kappa shape index (κ1) is 11.3. The van der Waals surface area contributed by atoms with Gasteiger partial charge in [0, 0.05) is 25.3 Å². The van der Waals surface area contributed by atoms with Crippen molar-refractivity contribution in [3.8, 4) is 0 Å². The van der Waals surface area contributed by atoms with E-state index in [-0.39, 0.29) is 12.1 Å². The molecule has 1 N–H and O–H groups in total. The number of piperazine rings is 1. The number of aromatic nitrogens is 1. The molecular formula is C13H17N3O2. The molecule has 2 aliphatic heterocycles. The van der Waals surface area contributed by atoms with E-state index in [1.165, 1.54) is 10.5 Å². The van der Waals surface area contributed by atoms with Gasteiger partial charge in [-0.3, -0.25) is 0 Å². The van der Waals surface area contributed by atoms with Crippen LogP contribution in [0.2, 0.25) is 0 Å². The van der Waals surface area contributed by atoms with Gasteiger partial charge in [-0.05, 0) is 31.4 Å². The molecule has 5 nitrogen and oxygen atoms in total. The summed E-state index contributed by atoms with van der Waals surface area (Å²) in [5.74, 6) is 1.04. The highest BCUT2D eigenvalue weighted by molar-refractivity contribution is 5.67. The Hall–Kier alpha value is -1.78. The molecule has 2 atom stereocenters. The molecule has 1 fully saturated rings. The molecule has 0 bridgehead atoms. The van der Waals surface area contributed by atoms with Gasteiger partial charge in [0.2, 0.25) is 0 Å². The normalized spacial score (nSPS) is 25.9. The lowest BCUT2D eigenvalue weighted by molar-refractivity contribution is 0.128. The second kappa shape index (κ2) is 3.86. The van der Waals surface area contributed by atoms with Crippen molar-refractivity contribution >= 4 is 11.9 Å². The van der Waals surface area contributed by atoms with E-state index < -0.39 is 6.09 Å². The Kier molecular flexibility index (Phi) is 2.43. The predicted molar refractivity (Wildman–Crippen MR) is 68.0 cm³/mol. The summed E-state index contributed by atoms with van der Waals surface area (Å²) in [5, 5.41) is 9.13. The minimum atomic E-state index is -0.818. The third-order valence-electron chi connectivity index (χ3n) is 3.83. The van der Waals surface area contributed by atoms with Crippen molar-refractivity contribution in [2.75, 3.05) is 18.0 Å². The summed E-state index contributed by atoms with van der Waals surface area (Å²) in [4.78, 5) is 19.4. The Morgan fingerprint density at radius 3 is 3.00 bits per heavy atom. The molecule has 96 valence electrons. The summed E-state index contributed by atoms with van der Waals surface area (Å²) >= 11 is 0. The summed E-state index contributed by atoms with van der Waals surface area (Å²) in [6, 6.07) is 2.60. The lowest BCUT2D eigenvalue weighted by Gasteiger charge is -2.42. The van der Waals surface area contributed by atoms with Gasteiger partial charge in [-0.25, -0.2) is 9.78 Å².